The second-order valence-electron chi connectivity index (χ2n) is 7.82. The van der Waals surface area contributed by atoms with E-state index in [1.165, 1.54) is 0 Å². The molecule has 2 atom stereocenters. The van der Waals surface area contributed by atoms with E-state index in [9.17, 15) is 14.7 Å². The zero-order valence-electron chi connectivity index (χ0n) is 17.2. The first-order valence-electron chi connectivity index (χ1n) is 10.0. The molecule has 0 saturated carbocycles. The van der Waals surface area contributed by atoms with Gasteiger partial charge in [0.2, 0.25) is 11.8 Å². The maximum atomic E-state index is 13.0. The van der Waals surface area contributed by atoms with Crippen molar-refractivity contribution in [1.82, 2.24) is 5.32 Å². The van der Waals surface area contributed by atoms with E-state index in [1.54, 1.807) is 24.0 Å². The van der Waals surface area contributed by atoms with E-state index in [0.717, 1.165) is 40.8 Å². The van der Waals surface area contributed by atoms with Gasteiger partial charge in [-0.25, -0.2) is 0 Å². The van der Waals surface area contributed by atoms with E-state index in [1.807, 2.05) is 38.1 Å². The number of phenols is 1. The molecule has 154 valence electrons. The van der Waals surface area contributed by atoms with Crippen LogP contribution < -0.4 is 16.0 Å². The van der Waals surface area contributed by atoms with Crippen LogP contribution in [0, 0.1) is 13.8 Å². The van der Waals surface area contributed by atoms with Crippen LogP contribution in [-0.2, 0) is 22.4 Å². The zero-order valence-corrected chi connectivity index (χ0v) is 17.2. The summed E-state index contributed by atoms with van der Waals surface area (Å²) in [5.74, 6) is -0.291. The Hall–Kier alpha value is -2.86. The van der Waals surface area contributed by atoms with Crippen LogP contribution in [0.1, 0.15) is 35.6 Å². The normalized spacial score (nSPS) is 15.4. The Balaban J connectivity index is 1.65. The number of aryl methyl sites for hydroxylation is 3. The molecule has 0 aliphatic carbocycles. The van der Waals surface area contributed by atoms with Crippen molar-refractivity contribution in [2.24, 2.45) is 5.73 Å². The Kier molecular flexibility index (Phi) is 6.23. The molecule has 1 heterocycles. The molecule has 2 unspecified atom stereocenters. The van der Waals surface area contributed by atoms with Crippen molar-refractivity contribution in [3.63, 3.8) is 0 Å². The number of hydrogen-bond acceptors (Lipinski definition) is 4. The monoisotopic (exact) mass is 395 g/mol. The van der Waals surface area contributed by atoms with Crippen molar-refractivity contribution in [2.75, 3.05) is 11.4 Å². The average molecular weight is 396 g/mol. The van der Waals surface area contributed by atoms with E-state index < -0.39 is 12.1 Å². The Morgan fingerprint density at radius 3 is 2.55 bits per heavy atom. The molecule has 0 saturated heterocycles. The van der Waals surface area contributed by atoms with E-state index >= 15 is 0 Å². The number of carbonyl (C=O) groups is 2. The lowest BCUT2D eigenvalue weighted by atomic mass is 9.96. The molecule has 0 radical (unpaired) electrons. The first-order valence-corrected chi connectivity index (χ1v) is 10.0. The highest BCUT2D eigenvalue weighted by Gasteiger charge is 2.28. The quantitative estimate of drug-likeness (QED) is 0.724. The summed E-state index contributed by atoms with van der Waals surface area (Å²) < 4.78 is 0. The van der Waals surface area contributed by atoms with Crippen LogP contribution >= 0.6 is 0 Å². The number of phenolic OH excluding ortho intramolecular Hbond substituents is 1. The maximum absolute atomic E-state index is 13.0. The molecule has 2 aromatic rings. The topological polar surface area (TPSA) is 95.7 Å². The van der Waals surface area contributed by atoms with Crippen LogP contribution in [0.3, 0.4) is 0 Å². The minimum atomic E-state index is -0.777. The number of benzene rings is 2. The molecular weight excluding hydrogens is 366 g/mol. The number of nitrogens with one attached hydrogen (secondary N) is 1. The summed E-state index contributed by atoms with van der Waals surface area (Å²) in [6.07, 6.45) is 2.20. The Bertz CT molecular complexity index is 902. The van der Waals surface area contributed by atoms with Crippen molar-refractivity contribution >= 4 is 17.5 Å². The maximum Gasteiger partial charge on any atom is 0.249 e. The van der Waals surface area contributed by atoms with Gasteiger partial charge >= 0.3 is 0 Å². The number of fused-ring (bicyclic) bond motifs is 1. The molecule has 3 rings (SSSR count). The molecule has 0 aromatic heterocycles. The number of carbonyl (C=O) groups excluding carboxylic acids is 2. The van der Waals surface area contributed by atoms with Gasteiger partial charge in [-0.05, 0) is 80.5 Å². The fraction of sp³-hybridized carbons (Fsp3) is 0.391. The summed E-state index contributed by atoms with van der Waals surface area (Å²) in [6.45, 7) is 6.11. The molecule has 0 fully saturated rings. The van der Waals surface area contributed by atoms with E-state index in [4.69, 9.17) is 5.73 Å². The lowest BCUT2D eigenvalue weighted by molar-refractivity contribution is -0.128. The van der Waals surface area contributed by atoms with Gasteiger partial charge in [0.05, 0.1) is 6.04 Å². The summed E-state index contributed by atoms with van der Waals surface area (Å²) in [4.78, 5) is 27.3. The average Bonchev–Trinajstić information content (AvgIpc) is 2.69. The second kappa shape index (κ2) is 8.66. The van der Waals surface area contributed by atoms with E-state index in [0.29, 0.717) is 13.0 Å². The number of nitrogens with zero attached hydrogens (tertiary/aromatic N) is 1. The highest BCUT2D eigenvalue weighted by atomic mass is 16.3. The molecule has 0 spiro atoms. The van der Waals surface area contributed by atoms with Gasteiger partial charge in [0.1, 0.15) is 11.8 Å². The minimum absolute atomic E-state index is 0.130. The summed E-state index contributed by atoms with van der Waals surface area (Å²) in [6, 6.07) is 9.76. The molecule has 6 heteroatoms. The standard InChI is InChI=1S/C23H29N3O3/c1-14-11-18(27)12-15(2)19(14)13-20(24)22(28)25-16(3)23(29)26-10-6-8-17-7-4-5-9-21(17)26/h4-5,7,9,11-12,16,20,27H,6,8,10,13,24H2,1-3H3,(H,25,28). The highest BCUT2D eigenvalue weighted by molar-refractivity contribution is 6.00. The number of aromatic hydroxyl groups is 1. The van der Waals surface area contributed by atoms with Gasteiger partial charge in [-0.1, -0.05) is 18.2 Å². The van der Waals surface area contributed by atoms with Crippen molar-refractivity contribution in [3.05, 3.63) is 58.7 Å². The van der Waals surface area contributed by atoms with Gasteiger partial charge in [0.25, 0.3) is 0 Å². The van der Waals surface area contributed by atoms with Crippen molar-refractivity contribution in [2.45, 2.75) is 52.1 Å². The van der Waals surface area contributed by atoms with E-state index in [-0.39, 0.29) is 17.6 Å². The first kappa shape index (κ1) is 20.9. The van der Waals surface area contributed by atoms with Crippen molar-refractivity contribution in [3.8, 4) is 5.75 Å². The summed E-state index contributed by atoms with van der Waals surface area (Å²) >= 11 is 0. The molecule has 29 heavy (non-hydrogen) atoms. The fourth-order valence-corrected chi connectivity index (χ4v) is 3.98. The third-order valence-electron chi connectivity index (χ3n) is 5.55. The zero-order chi connectivity index (χ0) is 21.1. The third kappa shape index (κ3) is 4.59. The van der Waals surface area contributed by atoms with Crippen molar-refractivity contribution in [1.29, 1.82) is 0 Å². The smallest absolute Gasteiger partial charge is 0.249 e. The number of rotatable bonds is 5. The van der Waals surface area contributed by atoms with Gasteiger partial charge in [-0.3, -0.25) is 9.59 Å². The molecule has 1 aliphatic rings. The third-order valence-corrected chi connectivity index (χ3v) is 5.55. The summed E-state index contributed by atoms with van der Waals surface area (Å²) in [7, 11) is 0. The van der Waals surface area contributed by atoms with Gasteiger partial charge in [-0.15, -0.1) is 0 Å². The lowest BCUT2D eigenvalue weighted by Crippen LogP contribution is -2.52. The van der Waals surface area contributed by atoms with Gasteiger partial charge in [-0.2, -0.15) is 0 Å². The number of amides is 2. The number of anilines is 1. The Morgan fingerprint density at radius 2 is 1.86 bits per heavy atom. The predicted molar refractivity (Wildman–Crippen MR) is 114 cm³/mol. The number of nitrogens with two attached hydrogens (primary N) is 1. The number of hydrogen-bond donors (Lipinski definition) is 3. The molecule has 2 amide bonds. The Morgan fingerprint density at radius 1 is 1.21 bits per heavy atom. The van der Waals surface area contributed by atoms with Crippen LogP contribution in [-0.4, -0.2) is 35.5 Å². The molecule has 0 bridgehead atoms. The van der Waals surface area contributed by atoms with Crippen LogP contribution in [0.4, 0.5) is 5.69 Å². The van der Waals surface area contributed by atoms with Crippen LogP contribution in [0.25, 0.3) is 0 Å². The molecular formula is C23H29N3O3. The van der Waals surface area contributed by atoms with Crippen LogP contribution in [0.5, 0.6) is 5.75 Å². The largest absolute Gasteiger partial charge is 0.508 e. The lowest BCUT2D eigenvalue weighted by Gasteiger charge is -2.32. The van der Waals surface area contributed by atoms with Gasteiger partial charge < -0.3 is 21.1 Å². The van der Waals surface area contributed by atoms with E-state index in [2.05, 4.69) is 5.32 Å². The van der Waals surface area contributed by atoms with Crippen molar-refractivity contribution < 1.29 is 14.7 Å². The van der Waals surface area contributed by atoms with Crippen LogP contribution in [0.15, 0.2) is 36.4 Å². The first-order chi connectivity index (χ1) is 13.8. The minimum Gasteiger partial charge on any atom is -0.508 e. The molecule has 6 nitrogen and oxygen atoms in total. The molecule has 4 N–H and O–H groups in total. The Labute approximate surface area is 171 Å². The summed E-state index contributed by atoms with van der Waals surface area (Å²) in [5.41, 5.74) is 10.9. The van der Waals surface area contributed by atoms with Gasteiger partial charge in [0, 0.05) is 12.2 Å². The molecule has 1 aliphatic heterocycles. The van der Waals surface area contributed by atoms with Crippen LogP contribution in [0.2, 0.25) is 0 Å². The SMILES string of the molecule is Cc1cc(O)cc(C)c1CC(N)C(=O)NC(C)C(=O)N1CCCc2ccccc21. The van der Waals surface area contributed by atoms with Gasteiger partial charge in [0.15, 0.2) is 0 Å². The molecule has 2 aromatic carbocycles. The highest BCUT2D eigenvalue weighted by Crippen LogP contribution is 2.27. The second-order valence-corrected chi connectivity index (χ2v) is 7.82. The predicted octanol–water partition coefficient (Wildman–Crippen LogP) is 2.36. The number of para-hydroxylation sites is 1. The summed E-state index contributed by atoms with van der Waals surface area (Å²) in [5, 5.41) is 12.5. The fourth-order valence-electron chi connectivity index (χ4n) is 3.98.